The van der Waals surface area contributed by atoms with Crippen LogP contribution < -0.4 is 9.80 Å². The third-order valence-electron chi connectivity index (χ3n) is 16.5. The van der Waals surface area contributed by atoms with E-state index in [2.05, 4.69) is 377 Å². The van der Waals surface area contributed by atoms with Crippen molar-refractivity contribution in [3.63, 3.8) is 0 Å². The maximum Gasteiger partial charge on any atom is 0.0522 e. The first-order valence-electron chi connectivity index (χ1n) is 30.8. The van der Waals surface area contributed by atoms with Gasteiger partial charge in [-0.25, -0.2) is 0 Å². The van der Waals surface area contributed by atoms with Gasteiger partial charge in [0, 0.05) is 22.7 Å². The summed E-state index contributed by atoms with van der Waals surface area (Å²) in [5.41, 5.74) is 28.4. The van der Waals surface area contributed by atoms with Gasteiger partial charge in [-0.2, -0.15) is 0 Å². The summed E-state index contributed by atoms with van der Waals surface area (Å²) in [5.74, 6) is 0. The van der Waals surface area contributed by atoms with E-state index in [0.29, 0.717) is 0 Å². The fraction of sp³-hybridized carbons (Fsp3) is 0.0698. The standard InChI is InChI=1S/C86H72N2/c1-5-69-37-23-25-63(3)85(69)87(79-57-47-67(48-58-79)61-83(71-27-11-7-12-28-71)72-29-13-8-14-30-72)77-53-43-65(44-54-77)41-51-75-35-19-21-39-81(75)82-40-22-20-36-76(82)52-42-66-45-55-78(56-46-66)88(86-64(4)26-24-38-70(86)6-2)80-59-49-68(50-60-80)62-84(73-31-15-9-16-32-73)74-33-17-10-18-34-74/h7-62H,5-6H2,1-4H3. The van der Waals surface area contributed by atoms with Gasteiger partial charge in [-0.05, 0) is 188 Å². The number of anilines is 6. The van der Waals surface area contributed by atoms with Crippen LogP contribution in [-0.4, -0.2) is 0 Å². The molecule has 0 heterocycles. The Labute approximate surface area is 521 Å². The second-order valence-electron chi connectivity index (χ2n) is 22.3. The van der Waals surface area contributed by atoms with Gasteiger partial charge in [-0.1, -0.05) is 293 Å². The predicted octanol–water partition coefficient (Wildman–Crippen LogP) is 23.6. The molecule has 0 fully saturated rings. The van der Waals surface area contributed by atoms with Gasteiger partial charge in [-0.15, -0.1) is 0 Å². The largest absolute Gasteiger partial charge is 0.310 e. The van der Waals surface area contributed by atoms with Crippen LogP contribution in [0.25, 0.3) is 58.7 Å². The van der Waals surface area contributed by atoms with Crippen LogP contribution in [0.3, 0.4) is 0 Å². The Hall–Kier alpha value is -10.8. The summed E-state index contributed by atoms with van der Waals surface area (Å²) in [7, 11) is 0. The minimum Gasteiger partial charge on any atom is -0.310 e. The number of hydrogen-bond donors (Lipinski definition) is 0. The number of para-hydroxylation sites is 2. The summed E-state index contributed by atoms with van der Waals surface area (Å²) in [6.45, 7) is 8.94. The average Bonchev–Trinajstić information content (AvgIpc) is 3.15. The molecule has 12 rings (SSSR count). The van der Waals surface area contributed by atoms with E-state index in [0.717, 1.165) is 69.0 Å². The third-order valence-corrected chi connectivity index (χ3v) is 16.5. The molecule has 0 aromatic heterocycles. The average molecular weight is 1130 g/mol. The van der Waals surface area contributed by atoms with E-state index in [1.807, 2.05) is 0 Å². The lowest BCUT2D eigenvalue weighted by Gasteiger charge is -2.29. The highest BCUT2D eigenvalue weighted by atomic mass is 15.2. The van der Waals surface area contributed by atoms with Crippen molar-refractivity contribution in [1.82, 2.24) is 0 Å². The van der Waals surface area contributed by atoms with Crippen molar-refractivity contribution in [2.45, 2.75) is 40.5 Å². The first kappa shape index (κ1) is 57.6. The summed E-state index contributed by atoms with van der Waals surface area (Å²) >= 11 is 0. The zero-order valence-corrected chi connectivity index (χ0v) is 50.6. The van der Waals surface area contributed by atoms with Gasteiger partial charge in [0.05, 0.1) is 11.4 Å². The molecular weight excluding hydrogens is 1060 g/mol. The maximum absolute atomic E-state index is 2.42. The van der Waals surface area contributed by atoms with Crippen molar-refractivity contribution in [2.24, 2.45) is 0 Å². The molecule has 0 saturated carbocycles. The van der Waals surface area contributed by atoms with Gasteiger partial charge >= 0.3 is 0 Å². The molecule has 0 amide bonds. The van der Waals surface area contributed by atoms with Crippen LogP contribution in [0.15, 0.2) is 303 Å². The van der Waals surface area contributed by atoms with E-state index >= 15 is 0 Å². The highest BCUT2D eigenvalue weighted by molar-refractivity contribution is 5.94. The molecule has 0 aliphatic heterocycles. The molecule has 426 valence electrons. The van der Waals surface area contributed by atoms with Crippen molar-refractivity contribution >= 4 is 81.7 Å². The Morgan fingerprint density at radius 1 is 0.273 bits per heavy atom. The van der Waals surface area contributed by atoms with Gasteiger partial charge in [0.15, 0.2) is 0 Å². The van der Waals surface area contributed by atoms with Crippen LogP contribution in [-0.2, 0) is 12.8 Å². The number of nitrogens with zero attached hydrogens (tertiary/aromatic N) is 2. The van der Waals surface area contributed by atoms with Crippen LogP contribution in [0.1, 0.15) is 91.7 Å². The molecule has 2 nitrogen and oxygen atoms in total. The Balaban J connectivity index is 0.800. The van der Waals surface area contributed by atoms with Crippen molar-refractivity contribution in [2.75, 3.05) is 9.80 Å². The zero-order chi connectivity index (χ0) is 60.0. The quantitative estimate of drug-likeness (QED) is 0.0745. The second kappa shape index (κ2) is 27.5. The lowest BCUT2D eigenvalue weighted by Crippen LogP contribution is -2.13. The highest BCUT2D eigenvalue weighted by Crippen LogP contribution is 2.42. The number of rotatable bonds is 19. The van der Waals surface area contributed by atoms with Crippen LogP contribution in [0, 0.1) is 13.8 Å². The molecule has 0 N–H and O–H groups in total. The Bertz CT molecular complexity index is 4030. The lowest BCUT2D eigenvalue weighted by atomic mass is 9.94. The minimum atomic E-state index is 0.925. The van der Waals surface area contributed by atoms with Gasteiger partial charge < -0.3 is 9.80 Å². The lowest BCUT2D eigenvalue weighted by molar-refractivity contribution is 1.10. The molecule has 12 aromatic rings. The van der Waals surface area contributed by atoms with Crippen molar-refractivity contribution < 1.29 is 0 Å². The SMILES string of the molecule is CCc1cccc(C)c1N(c1ccc(C=Cc2ccccc2-c2ccccc2C=Cc2ccc(N(c3ccc(C=C(c4ccccc4)c4ccccc4)cc3)c3c(C)cccc3CC)cc2)cc1)c1ccc(C=C(c2ccccc2)c2ccccc2)cc1. The maximum atomic E-state index is 2.42. The number of benzene rings is 12. The molecule has 0 bridgehead atoms. The molecule has 0 aliphatic rings. The van der Waals surface area contributed by atoms with E-state index < -0.39 is 0 Å². The van der Waals surface area contributed by atoms with E-state index in [4.69, 9.17) is 0 Å². The first-order valence-corrected chi connectivity index (χ1v) is 30.8. The van der Waals surface area contributed by atoms with Gasteiger partial charge in [0.2, 0.25) is 0 Å². The van der Waals surface area contributed by atoms with Crippen LogP contribution in [0.5, 0.6) is 0 Å². The van der Waals surface area contributed by atoms with Crippen molar-refractivity contribution in [1.29, 1.82) is 0 Å². The van der Waals surface area contributed by atoms with E-state index in [1.165, 1.54) is 78.2 Å². The Kier molecular flexibility index (Phi) is 18.0. The first-order chi connectivity index (χ1) is 43.4. The molecule has 0 atom stereocenters. The predicted molar refractivity (Wildman–Crippen MR) is 380 cm³/mol. The van der Waals surface area contributed by atoms with Gasteiger partial charge in [0.25, 0.3) is 0 Å². The van der Waals surface area contributed by atoms with Crippen molar-refractivity contribution in [3.8, 4) is 11.1 Å². The minimum absolute atomic E-state index is 0.925. The molecule has 0 unspecified atom stereocenters. The van der Waals surface area contributed by atoms with Gasteiger partial charge in [-0.3, -0.25) is 0 Å². The highest BCUT2D eigenvalue weighted by Gasteiger charge is 2.20. The molecular formula is C86H72N2. The number of hydrogen-bond acceptors (Lipinski definition) is 2. The van der Waals surface area contributed by atoms with Crippen LogP contribution in [0.4, 0.5) is 34.1 Å². The van der Waals surface area contributed by atoms with E-state index in [-0.39, 0.29) is 0 Å². The second-order valence-corrected chi connectivity index (χ2v) is 22.3. The molecule has 88 heavy (non-hydrogen) atoms. The topological polar surface area (TPSA) is 6.48 Å². The van der Waals surface area contributed by atoms with E-state index in [1.54, 1.807) is 0 Å². The summed E-state index contributed by atoms with van der Waals surface area (Å²) in [5, 5.41) is 0. The van der Waals surface area contributed by atoms with E-state index in [9.17, 15) is 0 Å². The Morgan fingerprint density at radius 2 is 0.557 bits per heavy atom. The third kappa shape index (κ3) is 13.2. The summed E-state index contributed by atoms with van der Waals surface area (Å²) in [6, 6.07) is 109. The smallest absolute Gasteiger partial charge is 0.0522 e. The monoisotopic (exact) mass is 1130 g/mol. The van der Waals surface area contributed by atoms with Crippen LogP contribution in [0.2, 0.25) is 0 Å². The summed E-state index contributed by atoms with van der Waals surface area (Å²) in [6.07, 6.45) is 15.4. The Morgan fingerprint density at radius 3 is 0.864 bits per heavy atom. The summed E-state index contributed by atoms with van der Waals surface area (Å²) in [4.78, 5) is 4.85. The molecule has 0 radical (unpaired) electrons. The molecule has 0 aliphatic carbocycles. The fourth-order valence-electron chi connectivity index (χ4n) is 12.0. The summed E-state index contributed by atoms with van der Waals surface area (Å²) < 4.78 is 0. The van der Waals surface area contributed by atoms with Gasteiger partial charge in [0.1, 0.15) is 0 Å². The molecule has 2 heteroatoms. The fourth-order valence-corrected chi connectivity index (χ4v) is 12.0. The molecule has 0 spiro atoms. The molecule has 0 saturated heterocycles. The molecule has 12 aromatic carbocycles. The zero-order valence-electron chi connectivity index (χ0n) is 50.6. The normalized spacial score (nSPS) is 11.2. The number of aryl methyl sites for hydroxylation is 4. The van der Waals surface area contributed by atoms with Crippen molar-refractivity contribution in [3.05, 3.63) is 381 Å². The van der Waals surface area contributed by atoms with Crippen LogP contribution >= 0.6 is 0 Å².